The second kappa shape index (κ2) is 7.88. The Hall–Kier alpha value is -0.240. The summed E-state index contributed by atoms with van der Waals surface area (Å²) in [6, 6.07) is 0. The highest BCUT2D eigenvalue weighted by Crippen LogP contribution is 2.47. The van der Waals surface area contributed by atoms with Crippen molar-refractivity contribution in [1.82, 2.24) is 0 Å². The highest BCUT2D eigenvalue weighted by atomic mass is 16.7. The quantitative estimate of drug-likeness (QED) is 0.776. The maximum atomic E-state index is 11.1. The molecule has 0 amide bonds. The van der Waals surface area contributed by atoms with E-state index < -0.39 is 36.0 Å². The van der Waals surface area contributed by atoms with Crippen LogP contribution in [0, 0.1) is 11.8 Å². The van der Waals surface area contributed by atoms with Crippen LogP contribution in [0.4, 0.5) is 0 Å². The third-order valence-electron chi connectivity index (χ3n) is 7.05. The molecule has 6 atom stereocenters. The first-order valence-electron chi connectivity index (χ1n) is 11.0. The zero-order valence-electron chi connectivity index (χ0n) is 16.8. The van der Waals surface area contributed by atoms with E-state index in [-0.39, 0.29) is 11.8 Å². The number of ether oxygens (including phenoxy) is 4. The molecule has 4 fully saturated rings. The SMILES string of the molecule is CCCC1(CCC)OCC2[C@@H](O)[C@@H]3OC4(CCCCC4)OC[C@H]3[C@H](O)[C@H]2O1. The molecule has 0 aromatic rings. The molecule has 0 aromatic carbocycles. The van der Waals surface area contributed by atoms with Crippen molar-refractivity contribution in [3.63, 3.8) is 0 Å². The van der Waals surface area contributed by atoms with Gasteiger partial charge in [-0.25, -0.2) is 0 Å². The van der Waals surface area contributed by atoms with Crippen molar-refractivity contribution in [2.45, 2.75) is 108 Å². The summed E-state index contributed by atoms with van der Waals surface area (Å²) in [7, 11) is 0. The van der Waals surface area contributed by atoms with Crippen molar-refractivity contribution in [2.75, 3.05) is 13.2 Å². The van der Waals surface area contributed by atoms with E-state index >= 15 is 0 Å². The monoisotopic (exact) mass is 384 g/mol. The molecule has 1 spiro atoms. The molecule has 0 aromatic heterocycles. The number of fused-ring (bicyclic) bond motifs is 2. The van der Waals surface area contributed by atoms with Gasteiger partial charge < -0.3 is 29.2 Å². The average molecular weight is 385 g/mol. The molecule has 156 valence electrons. The van der Waals surface area contributed by atoms with Crippen LogP contribution >= 0.6 is 0 Å². The van der Waals surface area contributed by atoms with Gasteiger partial charge in [-0.2, -0.15) is 0 Å². The van der Waals surface area contributed by atoms with Crippen molar-refractivity contribution in [2.24, 2.45) is 11.8 Å². The van der Waals surface area contributed by atoms with Crippen molar-refractivity contribution in [1.29, 1.82) is 0 Å². The summed E-state index contributed by atoms with van der Waals surface area (Å²) in [5, 5.41) is 22.2. The molecule has 0 radical (unpaired) electrons. The molecule has 2 aliphatic carbocycles. The fourth-order valence-corrected chi connectivity index (χ4v) is 5.65. The van der Waals surface area contributed by atoms with E-state index in [4.69, 9.17) is 18.9 Å². The highest BCUT2D eigenvalue weighted by molar-refractivity contribution is 5.04. The minimum Gasteiger partial charge on any atom is -0.390 e. The fraction of sp³-hybridized carbons (Fsp3) is 1.00. The molecule has 2 saturated heterocycles. The van der Waals surface area contributed by atoms with Crippen LogP contribution in [0.1, 0.15) is 71.6 Å². The van der Waals surface area contributed by atoms with E-state index in [2.05, 4.69) is 13.8 Å². The van der Waals surface area contributed by atoms with Gasteiger partial charge in [-0.1, -0.05) is 33.1 Å². The summed E-state index contributed by atoms with van der Waals surface area (Å²) in [6.07, 6.45) is 6.39. The molecule has 2 saturated carbocycles. The number of rotatable bonds is 4. The van der Waals surface area contributed by atoms with Gasteiger partial charge in [0.2, 0.25) is 0 Å². The first-order chi connectivity index (χ1) is 13.0. The summed E-state index contributed by atoms with van der Waals surface area (Å²) in [4.78, 5) is 0. The van der Waals surface area contributed by atoms with Gasteiger partial charge in [0.25, 0.3) is 0 Å². The lowest BCUT2D eigenvalue weighted by Crippen LogP contribution is -2.69. The van der Waals surface area contributed by atoms with Crippen LogP contribution in [0.25, 0.3) is 0 Å². The van der Waals surface area contributed by atoms with Gasteiger partial charge in [-0.15, -0.1) is 0 Å². The van der Waals surface area contributed by atoms with Crippen LogP contribution in [-0.4, -0.2) is 59.4 Å². The Bertz CT molecular complexity index is 499. The zero-order chi connectivity index (χ0) is 19.1. The molecule has 2 aliphatic heterocycles. The first-order valence-corrected chi connectivity index (χ1v) is 11.0. The number of hydrogen-bond acceptors (Lipinski definition) is 6. The minimum absolute atomic E-state index is 0.257. The van der Waals surface area contributed by atoms with Gasteiger partial charge in [0.05, 0.1) is 37.6 Å². The Morgan fingerprint density at radius 2 is 1.33 bits per heavy atom. The van der Waals surface area contributed by atoms with E-state index in [0.717, 1.165) is 51.4 Å². The molecule has 6 heteroatoms. The molecule has 6 nitrogen and oxygen atoms in total. The molecule has 1 unspecified atom stereocenters. The average Bonchev–Trinajstić information content (AvgIpc) is 2.67. The van der Waals surface area contributed by atoms with Gasteiger partial charge in [-0.3, -0.25) is 0 Å². The van der Waals surface area contributed by atoms with E-state index in [1.165, 1.54) is 6.42 Å². The highest BCUT2D eigenvalue weighted by Gasteiger charge is 2.59. The van der Waals surface area contributed by atoms with Crippen LogP contribution in [-0.2, 0) is 18.9 Å². The van der Waals surface area contributed by atoms with Gasteiger partial charge in [-0.05, 0) is 12.8 Å². The third-order valence-corrected chi connectivity index (χ3v) is 7.05. The standard InChI is InChI=1S/C21H36O6/c1-3-8-20(9-4-2)24-12-14-17(23)19-15(16(22)18(14)26-20)13-25-21(27-19)10-6-5-7-11-21/h14-19,22-23H,3-13H2,1-2H3/t14?,15-,16-,17+,18-,19+/m0/s1. The van der Waals surface area contributed by atoms with Crippen LogP contribution in [0.3, 0.4) is 0 Å². The Labute approximate surface area is 162 Å². The fourth-order valence-electron chi connectivity index (χ4n) is 5.65. The van der Waals surface area contributed by atoms with Crippen molar-refractivity contribution >= 4 is 0 Å². The summed E-state index contributed by atoms with van der Waals surface area (Å²) < 4.78 is 25.1. The lowest BCUT2D eigenvalue weighted by atomic mass is 9.72. The van der Waals surface area contributed by atoms with Crippen LogP contribution in [0.2, 0.25) is 0 Å². The topological polar surface area (TPSA) is 77.4 Å². The Morgan fingerprint density at radius 1 is 0.778 bits per heavy atom. The predicted molar refractivity (Wildman–Crippen MR) is 99.0 cm³/mol. The van der Waals surface area contributed by atoms with Crippen LogP contribution in [0.15, 0.2) is 0 Å². The third kappa shape index (κ3) is 3.58. The molecule has 0 bridgehead atoms. The van der Waals surface area contributed by atoms with E-state index in [9.17, 15) is 10.2 Å². The minimum atomic E-state index is -0.707. The molecule has 4 rings (SSSR count). The van der Waals surface area contributed by atoms with Gasteiger partial charge in [0.1, 0.15) is 0 Å². The number of hydrogen-bond donors (Lipinski definition) is 2. The van der Waals surface area contributed by atoms with E-state index in [1.54, 1.807) is 0 Å². The summed E-state index contributed by atoms with van der Waals surface area (Å²) in [5.74, 6) is -1.73. The molecule has 2 heterocycles. The summed E-state index contributed by atoms with van der Waals surface area (Å²) >= 11 is 0. The lowest BCUT2D eigenvalue weighted by Gasteiger charge is -2.57. The molecular weight excluding hydrogens is 348 g/mol. The lowest BCUT2D eigenvalue weighted by molar-refractivity contribution is -0.398. The summed E-state index contributed by atoms with van der Waals surface area (Å²) in [5.41, 5.74) is 0. The Kier molecular flexibility index (Phi) is 5.85. The first kappa shape index (κ1) is 20.0. The smallest absolute Gasteiger partial charge is 0.168 e. The molecule has 2 N–H and O–H groups in total. The van der Waals surface area contributed by atoms with Crippen LogP contribution in [0.5, 0.6) is 0 Å². The maximum Gasteiger partial charge on any atom is 0.168 e. The molecule has 27 heavy (non-hydrogen) atoms. The number of aliphatic hydroxyl groups is 2. The Balaban J connectivity index is 1.52. The predicted octanol–water partition coefficient (Wildman–Crippen LogP) is 2.74. The van der Waals surface area contributed by atoms with Crippen molar-refractivity contribution < 1.29 is 29.2 Å². The van der Waals surface area contributed by atoms with Gasteiger partial charge in [0.15, 0.2) is 11.6 Å². The van der Waals surface area contributed by atoms with Gasteiger partial charge in [0, 0.05) is 37.5 Å². The Morgan fingerprint density at radius 3 is 1.93 bits per heavy atom. The van der Waals surface area contributed by atoms with E-state index in [0.29, 0.717) is 13.2 Å². The second-order valence-electron chi connectivity index (χ2n) is 8.98. The zero-order valence-corrected chi connectivity index (χ0v) is 16.8. The molecular formula is C21H36O6. The largest absolute Gasteiger partial charge is 0.390 e. The van der Waals surface area contributed by atoms with E-state index in [1.807, 2.05) is 0 Å². The molecule has 4 aliphatic rings. The summed E-state index contributed by atoms with van der Waals surface area (Å²) in [6.45, 7) is 5.06. The second-order valence-corrected chi connectivity index (χ2v) is 8.98. The normalized spacial score (nSPS) is 43.1. The number of aliphatic hydroxyl groups excluding tert-OH is 2. The van der Waals surface area contributed by atoms with Crippen LogP contribution < -0.4 is 0 Å². The maximum absolute atomic E-state index is 11.1. The van der Waals surface area contributed by atoms with Crippen molar-refractivity contribution in [3.8, 4) is 0 Å². The van der Waals surface area contributed by atoms with Gasteiger partial charge >= 0.3 is 0 Å². The van der Waals surface area contributed by atoms with Crippen molar-refractivity contribution in [3.05, 3.63) is 0 Å².